The van der Waals surface area contributed by atoms with Crippen molar-refractivity contribution < 1.29 is 13.9 Å². The van der Waals surface area contributed by atoms with Crippen molar-refractivity contribution in [2.24, 2.45) is 5.92 Å². The van der Waals surface area contributed by atoms with Crippen LogP contribution >= 0.6 is 0 Å². The molecular weight excluding hydrogens is 365 g/mol. The van der Waals surface area contributed by atoms with Gasteiger partial charge in [0.1, 0.15) is 5.82 Å². The van der Waals surface area contributed by atoms with E-state index in [-0.39, 0.29) is 17.7 Å². The number of benzene rings is 2. The third-order valence-corrected chi connectivity index (χ3v) is 6.82. The highest BCUT2D eigenvalue weighted by Crippen LogP contribution is 2.41. The first kappa shape index (κ1) is 19.9. The molecule has 0 spiro atoms. The number of rotatable bonds is 4. The Kier molecular flexibility index (Phi) is 6.17. The summed E-state index contributed by atoms with van der Waals surface area (Å²) < 4.78 is 18.1. The van der Waals surface area contributed by atoms with Gasteiger partial charge in [0.2, 0.25) is 0 Å². The molecule has 29 heavy (non-hydrogen) atoms. The second-order valence-corrected chi connectivity index (χ2v) is 8.44. The zero-order chi connectivity index (χ0) is 20.2. The van der Waals surface area contributed by atoms with Crippen molar-refractivity contribution in [3.05, 3.63) is 65.5 Å². The van der Waals surface area contributed by atoms with Crippen molar-refractivity contribution >= 4 is 11.7 Å². The Bertz CT molecular complexity index is 819. The summed E-state index contributed by atoms with van der Waals surface area (Å²) in [4.78, 5) is 14.4. The zero-order valence-electron chi connectivity index (χ0n) is 17.1. The first-order valence-corrected chi connectivity index (χ1v) is 10.8. The summed E-state index contributed by atoms with van der Waals surface area (Å²) in [6, 6.07) is 15.8. The first-order chi connectivity index (χ1) is 14.2. The van der Waals surface area contributed by atoms with Crippen LogP contribution in [0.15, 0.2) is 48.5 Å². The highest BCUT2D eigenvalue weighted by molar-refractivity contribution is 5.72. The number of piperidine rings is 1. The van der Waals surface area contributed by atoms with Crippen LogP contribution < -0.4 is 4.90 Å². The van der Waals surface area contributed by atoms with E-state index in [2.05, 4.69) is 29.2 Å². The number of para-hydroxylation sites is 1. The fourth-order valence-corrected chi connectivity index (χ4v) is 5.12. The van der Waals surface area contributed by atoms with E-state index < -0.39 is 0 Å². The van der Waals surface area contributed by atoms with Gasteiger partial charge in [-0.1, -0.05) is 30.3 Å². The average molecular weight is 396 g/mol. The molecule has 4 heteroatoms. The number of methoxy groups -OCH3 is 1. The summed E-state index contributed by atoms with van der Waals surface area (Å²) in [7, 11) is 1.49. The summed E-state index contributed by atoms with van der Waals surface area (Å²) in [6.07, 6.45) is 6.10. The van der Waals surface area contributed by atoms with Crippen molar-refractivity contribution in [3.63, 3.8) is 0 Å². The maximum Gasteiger partial charge on any atom is 0.308 e. The minimum atomic E-state index is -0.165. The monoisotopic (exact) mass is 395 g/mol. The fraction of sp³-hybridized carbons (Fsp3) is 0.480. The van der Waals surface area contributed by atoms with Gasteiger partial charge in [-0.05, 0) is 79.7 Å². The predicted octanol–water partition coefficient (Wildman–Crippen LogP) is 5.66. The fourth-order valence-electron chi connectivity index (χ4n) is 5.12. The summed E-state index contributed by atoms with van der Waals surface area (Å²) in [5.41, 5.74) is 4.03. The highest BCUT2D eigenvalue weighted by atomic mass is 19.1. The van der Waals surface area contributed by atoms with E-state index >= 15 is 0 Å². The molecule has 1 saturated heterocycles. The molecule has 1 aliphatic carbocycles. The van der Waals surface area contributed by atoms with Crippen molar-refractivity contribution in [2.45, 2.75) is 50.4 Å². The number of nitrogens with zero attached hydrogens (tertiary/aromatic N) is 1. The lowest BCUT2D eigenvalue weighted by Gasteiger charge is -2.37. The maximum absolute atomic E-state index is 13.2. The van der Waals surface area contributed by atoms with Crippen LogP contribution in [-0.4, -0.2) is 26.2 Å². The summed E-state index contributed by atoms with van der Waals surface area (Å²) in [6.45, 7) is 2.05. The van der Waals surface area contributed by atoms with Crippen molar-refractivity contribution in [3.8, 4) is 0 Å². The topological polar surface area (TPSA) is 29.5 Å². The number of esters is 1. The zero-order valence-corrected chi connectivity index (χ0v) is 17.1. The number of carbonyl (C=O) groups excluding carboxylic acids is 1. The second kappa shape index (κ2) is 8.98. The van der Waals surface area contributed by atoms with Gasteiger partial charge in [-0.15, -0.1) is 0 Å². The van der Waals surface area contributed by atoms with Gasteiger partial charge in [-0.3, -0.25) is 4.79 Å². The van der Waals surface area contributed by atoms with Gasteiger partial charge >= 0.3 is 5.97 Å². The number of ether oxygens (including phenoxy) is 1. The van der Waals surface area contributed by atoms with Crippen LogP contribution in [-0.2, 0) is 9.53 Å². The average Bonchev–Trinajstić information content (AvgIpc) is 2.79. The molecule has 154 valence electrons. The molecule has 2 fully saturated rings. The van der Waals surface area contributed by atoms with Crippen LogP contribution in [0.1, 0.15) is 61.5 Å². The van der Waals surface area contributed by atoms with Crippen LogP contribution in [0.3, 0.4) is 0 Å². The minimum Gasteiger partial charge on any atom is -0.469 e. The lowest BCUT2D eigenvalue weighted by atomic mass is 9.78. The number of hydrogen-bond acceptors (Lipinski definition) is 3. The molecule has 0 unspecified atom stereocenters. The Hall–Kier alpha value is -2.36. The van der Waals surface area contributed by atoms with Gasteiger partial charge in [-0.25, -0.2) is 4.39 Å². The van der Waals surface area contributed by atoms with Crippen molar-refractivity contribution in [2.75, 3.05) is 25.1 Å². The van der Waals surface area contributed by atoms with Gasteiger partial charge in [0, 0.05) is 18.8 Å². The van der Waals surface area contributed by atoms with Gasteiger partial charge in [0.05, 0.1) is 13.0 Å². The molecule has 0 radical (unpaired) electrons. The SMILES string of the molecule is COC(=O)C1CCC(c2ccccc2N2CCC(c3ccc(F)cc3)CC2)CC1. The third-order valence-electron chi connectivity index (χ3n) is 6.82. The van der Waals surface area contributed by atoms with E-state index in [1.807, 2.05) is 12.1 Å². The largest absolute Gasteiger partial charge is 0.469 e. The third kappa shape index (κ3) is 4.47. The van der Waals surface area contributed by atoms with E-state index in [0.29, 0.717) is 11.8 Å². The molecular formula is C25H30FNO2. The Balaban J connectivity index is 1.42. The predicted molar refractivity (Wildman–Crippen MR) is 114 cm³/mol. The molecule has 2 aromatic rings. The van der Waals surface area contributed by atoms with Gasteiger partial charge in [0.25, 0.3) is 0 Å². The van der Waals surface area contributed by atoms with Crippen LogP contribution in [0.4, 0.5) is 10.1 Å². The molecule has 1 saturated carbocycles. The Morgan fingerprint density at radius 3 is 2.21 bits per heavy atom. The standard InChI is InChI=1S/C25H30FNO2/c1-29-25(28)21-8-6-20(7-9-21)23-4-2-3-5-24(23)27-16-14-19(15-17-27)18-10-12-22(26)13-11-18/h2-5,10-13,19-21H,6-9,14-17H2,1H3. The van der Waals surface area contributed by atoms with Crippen LogP contribution in [0, 0.1) is 11.7 Å². The normalized spacial score (nSPS) is 23.0. The van der Waals surface area contributed by atoms with Crippen molar-refractivity contribution in [1.82, 2.24) is 0 Å². The molecule has 3 nitrogen and oxygen atoms in total. The second-order valence-electron chi connectivity index (χ2n) is 8.44. The number of halogens is 1. The van der Waals surface area contributed by atoms with Crippen LogP contribution in [0.25, 0.3) is 0 Å². The molecule has 1 heterocycles. The minimum absolute atomic E-state index is 0.0559. The molecule has 0 amide bonds. The number of hydrogen-bond donors (Lipinski definition) is 0. The van der Waals surface area contributed by atoms with E-state index in [9.17, 15) is 9.18 Å². The Morgan fingerprint density at radius 1 is 0.897 bits per heavy atom. The maximum atomic E-state index is 13.2. The quantitative estimate of drug-likeness (QED) is 0.626. The first-order valence-electron chi connectivity index (χ1n) is 10.8. The molecule has 4 rings (SSSR count). The Morgan fingerprint density at radius 2 is 1.55 bits per heavy atom. The highest BCUT2D eigenvalue weighted by Gasteiger charge is 2.30. The summed E-state index contributed by atoms with van der Waals surface area (Å²) in [5.74, 6) is 0.868. The molecule has 2 aromatic carbocycles. The van der Waals surface area contributed by atoms with Crippen molar-refractivity contribution in [1.29, 1.82) is 0 Å². The summed E-state index contributed by atoms with van der Waals surface area (Å²) in [5, 5.41) is 0. The molecule has 2 aliphatic rings. The van der Waals surface area contributed by atoms with E-state index in [0.717, 1.165) is 51.6 Å². The smallest absolute Gasteiger partial charge is 0.308 e. The van der Waals surface area contributed by atoms with E-state index in [1.165, 1.54) is 23.9 Å². The van der Waals surface area contributed by atoms with E-state index in [4.69, 9.17) is 4.74 Å². The van der Waals surface area contributed by atoms with Gasteiger partial charge in [0.15, 0.2) is 0 Å². The molecule has 0 N–H and O–H groups in total. The number of carbonyl (C=O) groups is 1. The Labute approximate surface area is 172 Å². The van der Waals surface area contributed by atoms with Crippen LogP contribution in [0.2, 0.25) is 0 Å². The molecule has 1 aliphatic heterocycles. The molecule has 0 bridgehead atoms. The van der Waals surface area contributed by atoms with Gasteiger partial charge < -0.3 is 9.64 Å². The lowest BCUT2D eigenvalue weighted by molar-refractivity contribution is -0.146. The summed E-state index contributed by atoms with van der Waals surface area (Å²) >= 11 is 0. The number of anilines is 1. The van der Waals surface area contributed by atoms with E-state index in [1.54, 1.807) is 12.1 Å². The lowest BCUT2D eigenvalue weighted by Crippen LogP contribution is -2.34. The molecule has 0 atom stereocenters. The van der Waals surface area contributed by atoms with Crippen LogP contribution in [0.5, 0.6) is 0 Å². The molecule has 0 aromatic heterocycles. The van der Waals surface area contributed by atoms with Gasteiger partial charge in [-0.2, -0.15) is 0 Å².